The monoisotopic (exact) mass is 560 g/mol. The molecule has 0 atom stereocenters. The lowest BCUT2D eigenvalue weighted by Gasteiger charge is -2.04. The molecule has 196 valence electrons. The van der Waals surface area contributed by atoms with E-state index < -0.39 is 15.7 Å². The van der Waals surface area contributed by atoms with Crippen molar-refractivity contribution in [2.24, 2.45) is 0 Å². The van der Waals surface area contributed by atoms with Gasteiger partial charge in [0.05, 0.1) is 21.0 Å². The molecule has 0 aromatic heterocycles. The Morgan fingerprint density at radius 1 is 0.744 bits per heavy atom. The van der Waals surface area contributed by atoms with Crippen molar-refractivity contribution in [1.82, 2.24) is 0 Å². The van der Waals surface area contributed by atoms with Crippen molar-refractivity contribution in [3.05, 3.63) is 145 Å². The quantitative estimate of drug-likeness (QED) is 0.112. The lowest BCUT2D eigenvalue weighted by molar-refractivity contribution is -0.385. The second-order valence-corrected chi connectivity index (χ2v) is 8.83. The molecule has 0 aliphatic rings. The largest absolute Gasteiger partial charge is 0.270 e. The summed E-state index contributed by atoms with van der Waals surface area (Å²) in [5.74, 6) is 0.817. The van der Waals surface area contributed by atoms with Gasteiger partial charge in [0, 0.05) is 40.7 Å². The van der Waals surface area contributed by atoms with E-state index in [9.17, 15) is 24.6 Å². The van der Waals surface area contributed by atoms with E-state index in [2.05, 4.69) is 24.8 Å². The highest BCUT2D eigenvalue weighted by Crippen LogP contribution is 2.28. The SMILES string of the molecule is N#Cc1cc([N+](=O)[O-])ccc1F.N#Cc1cc([N+](=O)[O-])ccc1SCc1ccccc1.SCc1ccccc1. The van der Waals surface area contributed by atoms with Crippen LogP contribution in [-0.2, 0) is 11.5 Å². The average Bonchev–Trinajstić information content (AvgIpc) is 2.97. The minimum Gasteiger partial charge on any atom is -0.258 e. The number of non-ortho nitro benzene ring substituents is 2. The van der Waals surface area contributed by atoms with Crippen molar-refractivity contribution in [2.75, 3.05) is 0 Å². The van der Waals surface area contributed by atoms with Gasteiger partial charge in [-0.15, -0.1) is 11.8 Å². The van der Waals surface area contributed by atoms with Gasteiger partial charge in [-0.05, 0) is 23.3 Å². The molecule has 0 unspecified atom stereocenters. The molecule has 4 aromatic rings. The van der Waals surface area contributed by atoms with Crippen molar-refractivity contribution in [2.45, 2.75) is 16.4 Å². The maximum Gasteiger partial charge on any atom is 0.270 e. The number of hydrogen-bond acceptors (Lipinski definition) is 8. The summed E-state index contributed by atoms with van der Waals surface area (Å²) in [6, 6.07) is 30.7. The van der Waals surface area contributed by atoms with Gasteiger partial charge in [-0.1, -0.05) is 60.7 Å². The molecule has 0 radical (unpaired) electrons. The zero-order valence-corrected chi connectivity index (χ0v) is 22.0. The van der Waals surface area contributed by atoms with Gasteiger partial charge in [0.1, 0.15) is 18.0 Å². The summed E-state index contributed by atoms with van der Waals surface area (Å²) < 4.78 is 12.6. The second kappa shape index (κ2) is 16.2. The molecule has 39 heavy (non-hydrogen) atoms. The maximum absolute atomic E-state index is 12.6. The predicted molar refractivity (Wildman–Crippen MR) is 151 cm³/mol. The summed E-state index contributed by atoms with van der Waals surface area (Å²) in [4.78, 5) is 20.4. The third-order valence-electron chi connectivity index (χ3n) is 4.84. The Hall–Kier alpha value is -4.71. The Labute approximate surface area is 234 Å². The van der Waals surface area contributed by atoms with Crippen LogP contribution in [0.4, 0.5) is 15.8 Å². The average molecular weight is 561 g/mol. The van der Waals surface area contributed by atoms with Gasteiger partial charge in [-0.2, -0.15) is 23.2 Å². The second-order valence-electron chi connectivity index (χ2n) is 7.50. The van der Waals surface area contributed by atoms with Gasteiger partial charge in [-0.3, -0.25) is 20.2 Å². The summed E-state index contributed by atoms with van der Waals surface area (Å²) in [7, 11) is 0. The van der Waals surface area contributed by atoms with E-state index in [1.54, 1.807) is 6.07 Å². The van der Waals surface area contributed by atoms with Crippen molar-refractivity contribution < 1.29 is 14.2 Å². The molecule has 0 spiro atoms. The number of halogens is 1. The third kappa shape index (κ3) is 10.3. The van der Waals surface area contributed by atoms with E-state index in [-0.39, 0.29) is 16.9 Å². The number of benzene rings is 4. The fourth-order valence-corrected chi connectivity index (χ4v) is 4.03. The van der Waals surface area contributed by atoms with Crippen LogP contribution in [0.3, 0.4) is 0 Å². The topological polar surface area (TPSA) is 134 Å². The molecule has 11 heteroatoms. The molecule has 0 bridgehead atoms. The number of hydrogen-bond donors (Lipinski definition) is 1. The fourth-order valence-electron chi connectivity index (χ4n) is 2.88. The summed E-state index contributed by atoms with van der Waals surface area (Å²) in [6.45, 7) is 0. The van der Waals surface area contributed by atoms with E-state index in [4.69, 9.17) is 10.5 Å². The highest BCUT2D eigenvalue weighted by atomic mass is 32.2. The van der Waals surface area contributed by atoms with Crippen LogP contribution in [0.15, 0.2) is 102 Å². The van der Waals surface area contributed by atoms with Crippen molar-refractivity contribution in [3.63, 3.8) is 0 Å². The molecular formula is C28H21FN4O4S2. The minimum atomic E-state index is -0.747. The predicted octanol–water partition coefficient (Wildman–Crippen LogP) is 7.48. The molecule has 0 amide bonds. The molecule has 0 heterocycles. The summed E-state index contributed by atoms with van der Waals surface area (Å²) in [5, 5.41) is 38.2. The molecule has 8 nitrogen and oxygen atoms in total. The van der Waals surface area contributed by atoms with E-state index >= 15 is 0 Å². The molecule has 0 saturated carbocycles. The molecule has 0 fully saturated rings. The zero-order valence-electron chi connectivity index (χ0n) is 20.3. The minimum absolute atomic E-state index is 0.0550. The number of rotatable bonds is 6. The fraction of sp³-hybridized carbons (Fsp3) is 0.0714. The molecule has 0 N–H and O–H groups in total. The first-order valence-corrected chi connectivity index (χ1v) is 12.7. The van der Waals surface area contributed by atoms with Gasteiger partial charge in [0.15, 0.2) is 0 Å². The molecule has 0 aliphatic heterocycles. The molecule has 4 aromatic carbocycles. The number of thiol groups is 1. The van der Waals surface area contributed by atoms with Crippen LogP contribution in [0.2, 0.25) is 0 Å². The number of nitriles is 2. The molecule has 4 rings (SSSR count). The standard InChI is InChI=1S/C14H10N2O2S.C7H3FN2O2.C7H8S/c15-9-12-8-13(16(17)18)6-7-14(12)19-10-11-4-2-1-3-5-11;8-7-2-1-6(10(11)12)3-5(7)4-9;8-6-7-4-2-1-3-5-7/h1-8H,10H2;1-3H;1-5,8H,6H2. The normalized spacial score (nSPS) is 9.44. The number of thioether (sulfide) groups is 1. The highest BCUT2D eigenvalue weighted by Gasteiger charge is 2.11. The first-order valence-electron chi connectivity index (χ1n) is 11.1. The van der Waals surface area contributed by atoms with Crippen LogP contribution < -0.4 is 0 Å². The van der Waals surface area contributed by atoms with E-state index in [1.807, 2.05) is 54.6 Å². The Balaban J connectivity index is 0.000000227. The van der Waals surface area contributed by atoms with Crippen LogP contribution >= 0.6 is 24.4 Å². The molecule has 0 aliphatic carbocycles. The van der Waals surface area contributed by atoms with E-state index in [0.717, 1.165) is 40.2 Å². The third-order valence-corrected chi connectivity index (χ3v) is 6.35. The molecule has 0 saturated heterocycles. The zero-order chi connectivity index (χ0) is 28.6. The summed E-state index contributed by atoms with van der Waals surface area (Å²) in [5.41, 5.74) is 2.11. The summed E-state index contributed by atoms with van der Waals surface area (Å²) in [6.07, 6.45) is 0. The van der Waals surface area contributed by atoms with Gasteiger partial charge >= 0.3 is 0 Å². The van der Waals surface area contributed by atoms with Crippen LogP contribution in [0.5, 0.6) is 0 Å². The molecular weight excluding hydrogens is 539 g/mol. The van der Waals surface area contributed by atoms with E-state index in [1.165, 1.54) is 35.5 Å². The Kier molecular flexibility index (Phi) is 12.7. The smallest absolute Gasteiger partial charge is 0.258 e. The lowest BCUT2D eigenvalue weighted by Crippen LogP contribution is -1.90. The van der Waals surface area contributed by atoms with Gasteiger partial charge in [-0.25, -0.2) is 4.39 Å². The van der Waals surface area contributed by atoms with Crippen LogP contribution in [0.25, 0.3) is 0 Å². The van der Waals surface area contributed by atoms with E-state index in [0.29, 0.717) is 5.56 Å². The Bertz CT molecular complexity index is 1490. The van der Waals surface area contributed by atoms with Crippen LogP contribution in [0, 0.1) is 48.7 Å². The van der Waals surface area contributed by atoms with Crippen LogP contribution in [-0.4, -0.2) is 9.85 Å². The highest BCUT2D eigenvalue weighted by molar-refractivity contribution is 7.98. The number of nitro groups is 2. The van der Waals surface area contributed by atoms with Gasteiger partial charge < -0.3 is 0 Å². The number of nitrogens with zero attached hydrogens (tertiary/aromatic N) is 4. The Morgan fingerprint density at radius 2 is 1.23 bits per heavy atom. The first kappa shape index (κ1) is 30.5. The summed E-state index contributed by atoms with van der Waals surface area (Å²) >= 11 is 5.61. The van der Waals surface area contributed by atoms with Crippen LogP contribution in [0.1, 0.15) is 22.3 Å². The van der Waals surface area contributed by atoms with Gasteiger partial charge in [0.25, 0.3) is 11.4 Å². The van der Waals surface area contributed by atoms with Gasteiger partial charge in [0.2, 0.25) is 0 Å². The maximum atomic E-state index is 12.6. The lowest BCUT2D eigenvalue weighted by atomic mass is 10.2. The van der Waals surface area contributed by atoms with Crippen molar-refractivity contribution in [3.8, 4) is 12.1 Å². The van der Waals surface area contributed by atoms with Crippen molar-refractivity contribution >= 4 is 35.8 Å². The Morgan fingerprint density at radius 3 is 1.69 bits per heavy atom. The first-order chi connectivity index (χ1) is 18.8. The number of nitro benzene ring substituents is 2. The van der Waals surface area contributed by atoms with Crippen molar-refractivity contribution in [1.29, 1.82) is 10.5 Å².